The van der Waals surface area contributed by atoms with Gasteiger partial charge >= 0.3 is 6.03 Å². The lowest BCUT2D eigenvalue weighted by atomic mass is 10.0. The van der Waals surface area contributed by atoms with Gasteiger partial charge in [-0.3, -0.25) is 19.6 Å². The van der Waals surface area contributed by atoms with Crippen molar-refractivity contribution in [2.45, 2.75) is 19.5 Å². The van der Waals surface area contributed by atoms with E-state index >= 15 is 0 Å². The Kier molecular flexibility index (Phi) is 9.99. The van der Waals surface area contributed by atoms with Gasteiger partial charge in [0.15, 0.2) is 0 Å². The molecule has 1 unspecified atom stereocenters. The van der Waals surface area contributed by atoms with Crippen LogP contribution >= 0.6 is 11.6 Å². The molecule has 0 spiro atoms. The molecule has 4 aromatic rings. The number of hydrogen-bond donors (Lipinski definition) is 2. The van der Waals surface area contributed by atoms with Crippen molar-refractivity contribution >= 4 is 52.4 Å². The fourth-order valence-electron chi connectivity index (χ4n) is 4.94. The number of hydrogen-bond acceptors (Lipinski definition) is 9. The third-order valence-corrected chi connectivity index (χ3v) is 7.64. The number of carbonyl (C=O) groups is 2. The van der Waals surface area contributed by atoms with E-state index in [-0.39, 0.29) is 23.5 Å². The molecule has 3 amide bonds. The molecule has 12 nitrogen and oxygen atoms in total. The number of aromatic nitrogens is 3. The van der Waals surface area contributed by atoms with E-state index < -0.39 is 6.04 Å². The van der Waals surface area contributed by atoms with Crippen molar-refractivity contribution in [3.8, 4) is 11.5 Å². The van der Waals surface area contributed by atoms with E-state index in [1.165, 1.54) is 20.3 Å². The largest absolute Gasteiger partial charge is 0.497 e. The van der Waals surface area contributed by atoms with Crippen molar-refractivity contribution in [1.29, 1.82) is 0 Å². The van der Waals surface area contributed by atoms with Crippen LogP contribution in [0.4, 0.5) is 33.6 Å². The molecule has 1 aliphatic rings. The highest BCUT2D eigenvalue weighted by Crippen LogP contribution is 2.43. The van der Waals surface area contributed by atoms with Crippen LogP contribution in [0.15, 0.2) is 79.3 Å². The van der Waals surface area contributed by atoms with E-state index in [0.29, 0.717) is 52.4 Å². The normalized spacial score (nSPS) is 13.5. The Bertz CT molecular complexity index is 1750. The highest BCUT2D eigenvalue weighted by molar-refractivity contribution is 6.35. The predicted octanol–water partition coefficient (Wildman–Crippen LogP) is 6.05. The third-order valence-electron chi connectivity index (χ3n) is 7.26. The van der Waals surface area contributed by atoms with Crippen LogP contribution in [-0.4, -0.2) is 66.6 Å². The van der Waals surface area contributed by atoms with Gasteiger partial charge < -0.3 is 25.0 Å². The molecule has 1 aliphatic heterocycles. The summed E-state index contributed by atoms with van der Waals surface area (Å²) in [6.45, 7) is 2.68. The minimum Gasteiger partial charge on any atom is -0.497 e. The Morgan fingerprint density at radius 1 is 1.11 bits per heavy atom. The number of anilines is 5. The van der Waals surface area contributed by atoms with Gasteiger partial charge in [0.25, 0.3) is 0 Å². The summed E-state index contributed by atoms with van der Waals surface area (Å²) in [4.78, 5) is 45.6. The van der Waals surface area contributed by atoms with Crippen molar-refractivity contribution in [1.82, 2.24) is 19.9 Å². The van der Waals surface area contributed by atoms with Crippen LogP contribution in [-0.2, 0) is 11.3 Å². The van der Waals surface area contributed by atoms with Gasteiger partial charge in [-0.2, -0.15) is 4.98 Å². The van der Waals surface area contributed by atoms with E-state index in [9.17, 15) is 9.59 Å². The highest BCUT2D eigenvalue weighted by Gasteiger charge is 2.38. The first-order valence-corrected chi connectivity index (χ1v) is 14.8. The molecule has 2 aromatic carbocycles. The molecule has 46 heavy (non-hydrogen) atoms. The average Bonchev–Trinajstić information content (AvgIpc) is 3.05. The lowest BCUT2D eigenvalue weighted by Gasteiger charge is -2.39. The topological polar surface area (TPSA) is 125 Å². The molecule has 0 radical (unpaired) electrons. The molecule has 0 saturated carbocycles. The van der Waals surface area contributed by atoms with E-state index in [4.69, 9.17) is 26.1 Å². The number of amides is 3. The molecule has 0 aliphatic carbocycles. The maximum atomic E-state index is 14.5. The molecule has 0 saturated heterocycles. The number of benzene rings is 2. The maximum absolute atomic E-state index is 14.5. The lowest BCUT2D eigenvalue weighted by Crippen LogP contribution is -2.49. The summed E-state index contributed by atoms with van der Waals surface area (Å²) < 4.78 is 11.0. The summed E-state index contributed by atoms with van der Waals surface area (Å²) in [5, 5.41) is 6.32. The van der Waals surface area contributed by atoms with Gasteiger partial charge in [-0.15, -0.1) is 0 Å². The fourth-order valence-corrected chi connectivity index (χ4v) is 5.23. The van der Waals surface area contributed by atoms with Gasteiger partial charge in [0, 0.05) is 48.4 Å². The summed E-state index contributed by atoms with van der Waals surface area (Å²) in [7, 11) is 6.88. The smallest absolute Gasteiger partial charge is 0.331 e. The third kappa shape index (κ3) is 7.19. The Morgan fingerprint density at radius 3 is 2.63 bits per heavy atom. The number of carbonyl (C=O) groups excluding carboxylic acids is 2. The quantitative estimate of drug-likeness (QED) is 0.188. The first-order chi connectivity index (χ1) is 22.2. The maximum Gasteiger partial charge on any atom is 0.331 e. The summed E-state index contributed by atoms with van der Waals surface area (Å²) in [6.07, 6.45) is 8.30. The number of likely N-dealkylation sites (N-methyl/N-ethyl adjacent to an activating group) is 1. The van der Waals surface area contributed by atoms with Gasteiger partial charge in [0.2, 0.25) is 11.9 Å². The number of pyridine rings is 1. The molecular weight excluding hydrogens is 608 g/mol. The second-order valence-electron chi connectivity index (χ2n) is 10.8. The minimum absolute atomic E-state index is 0.149. The monoisotopic (exact) mass is 642 g/mol. The van der Waals surface area contributed by atoms with Crippen molar-refractivity contribution in [3.63, 3.8) is 0 Å². The molecule has 1 atom stereocenters. The molecular formula is C33H35ClN8O4. The molecule has 5 rings (SSSR count). The Balaban J connectivity index is 1.54. The van der Waals surface area contributed by atoms with Crippen LogP contribution < -0.4 is 29.9 Å². The zero-order valence-electron chi connectivity index (χ0n) is 26.2. The molecule has 0 bridgehead atoms. The summed E-state index contributed by atoms with van der Waals surface area (Å²) in [6, 6.07) is 13.5. The molecule has 238 valence electrons. The average molecular weight is 643 g/mol. The molecule has 2 N–H and O–H groups in total. The van der Waals surface area contributed by atoms with Crippen molar-refractivity contribution in [2.24, 2.45) is 0 Å². The zero-order chi connectivity index (χ0) is 32.8. The lowest BCUT2D eigenvalue weighted by molar-refractivity contribution is -0.111. The zero-order valence-corrected chi connectivity index (χ0v) is 26.9. The SMILES string of the molecule is COc1cc(OC)c(Cl)c(N2Cc3cnc(Nc4cccnc4)nc3N(C(C)c3cccc(NC(=O)/C=C/CN(C)C)c3)C2=O)c1. The fraction of sp³-hybridized carbons (Fsp3) is 0.242. The van der Waals surface area contributed by atoms with Crippen LogP contribution in [0.5, 0.6) is 11.5 Å². The van der Waals surface area contributed by atoms with Gasteiger partial charge in [0.05, 0.1) is 44.4 Å². The first-order valence-electron chi connectivity index (χ1n) is 14.5. The van der Waals surface area contributed by atoms with Crippen LogP contribution in [0, 0.1) is 0 Å². The Labute approximate surface area is 272 Å². The predicted molar refractivity (Wildman–Crippen MR) is 179 cm³/mol. The molecule has 13 heteroatoms. The van der Waals surface area contributed by atoms with Crippen molar-refractivity contribution in [3.05, 3.63) is 95.4 Å². The molecule has 3 heterocycles. The number of rotatable bonds is 11. The summed E-state index contributed by atoms with van der Waals surface area (Å²) in [5.41, 5.74) is 3.16. The van der Waals surface area contributed by atoms with E-state index in [1.807, 2.05) is 50.2 Å². The number of ether oxygens (including phenoxy) is 2. The van der Waals surface area contributed by atoms with Crippen molar-refractivity contribution < 1.29 is 19.1 Å². The highest BCUT2D eigenvalue weighted by atomic mass is 35.5. The van der Waals surface area contributed by atoms with E-state index in [0.717, 1.165) is 5.56 Å². The van der Waals surface area contributed by atoms with E-state index in [1.54, 1.807) is 58.7 Å². The number of urea groups is 1. The van der Waals surface area contributed by atoms with E-state index in [2.05, 4.69) is 20.6 Å². The van der Waals surface area contributed by atoms with Gasteiger partial charge in [-0.1, -0.05) is 29.8 Å². The second-order valence-corrected chi connectivity index (χ2v) is 11.1. The van der Waals surface area contributed by atoms with Crippen LogP contribution in [0.25, 0.3) is 0 Å². The summed E-state index contributed by atoms with van der Waals surface area (Å²) >= 11 is 6.76. The van der Waals surface area contributed by atoms with Crippen LogP contribution in [0.2, 0.25) is 5.02 Å². The first kappa shape index (κ1) is 32.2. The van der Waals surface area contributed by atoms with Crippen LogP contribution in [0.1, 0.15) is 24.1 Å². The number of methoxy groups -OCH3 is 2. The number of nitrogens with zero attached hydrogens (tertiary/aromatic N) is 6. The minimum atomic E-state index is -0.525. The number of halogens is 1. The van der Waals surface area contributed by atoms with Gasteiger partial charge in [0.1, 0.15) is 22.3 Å². The molecule has 0 fully saturated rings. The van der Waals surface area contributed by atoms with Gasteiger partial charge in [-0.05, 0) is 50.8 Å². The van der Waals surface area contributed by atoms with Crippen molar-refractivity contribution in [2.75, 3.05) is 55.3 Å². The number of nitrogens with one attached hydrogen (secondary N) is 2. The molecule has 2 aromatic heterocycles. The Morgan fingerprint density at radius 2 is 1.91 bits per heavy atom. The summed E-state index contributed by atoms with van der Waals surface area (Å²) in [5.74, 6) is 1.33. The second kappa shape index (κ2) is 14.3. The Hall–Kier alpha value is -5.20. The van der Waals surface area contributed by atoms with Crippen LogP contribution in [0.3, 0.4) is 0 Å². The van der Waals surface area contributed by atoms with Gasteiger partial charge in [-0.25, -0.2) is 9.78 Å². The standard InChI is InChI=1S/C33H35ClN8O4/c1-21(22-9-6-10-24(15-22)37-29(43)12-8-14-40(2)3)42-31-23(18-36-32(39-31)38-25-11-7-13-35-19-25)20-41(33(42)44)27-16-26(45-4)17-28(46-5)30(27)34/h6-13,15-19,21H,14,20H2,1-5H3,(H,37,43)(H,36,38,39)/b12-8+. The number of fused-ring (bicyclic) bond motifs is 1.